The molecular formula is C34H38N8O5. The number of nitrogens with one attached hydrogen (secondary N) is 3. The first kappa shape index (κ1) is 32.7. The summed E-state index contributed by atoms with van der Waals surface area (Å²) in [5.41, 5.74) is 3.06. The van der Waals surface area contributed by atoms with E-state index in [2.05, 4.69) is 31.0 Å². The lowest BCUT2D eigenvalue weighted by molar-refractivity contribution is 0.0500. The molecule has 13 heteroatoms. The summed E-state index contributed by atoms with van der Waals surface area (Å²) < 4.78 is 18.3. The Kier molecular flexibility index (Phi) is 10.1. The molecule has 4 heterocycles. The maximum Gasteiger partial charge on any atom is 0.407 e. The number of amides is 1. The number of nitrogens with zero attached hydrogens (tertiary/aromatic N) is 5. The minimum absolute atomic E-state index is 0.200. The summed E-state index contributed by atoms with van der Waals surface area (Å²) in [6.07, 6.45) is 5.66. The normalized spacial score (nSPS) is 11.9. The van der Waals surface area contributed by atoms with E-state index in [4.69, 9.17) is 19.2 Å². The standard InChI is InChI=1S/C34H38N8O5/c1-6-45-32(43)26-20-39-42-21-27(23-12-8-7-9-13-23)29(41-30(26)42)36-18-24-16-25(40-28-14-10-11-15-35-28)19-37-31(24)46-22(2)17-38-33(44)47-34(3,4)5/h7-16,19-22H,6,17-18H2,1-5H3,(H,35,40)(H,36,41)(H,38,44). The van der Waals surface area contributed by atoms with E-state index in [1.54, 1.807) is 44.6 Å². The Labute approximate surface area is 272 Å². The van der Waals surface area contributed by atoms with E-state index in [0.717, 1.165) is 11.1 Å². The van der Waals surface area contributed by atoms with Crippen LogP contribution in [0.5, 0.6) is 5.88 Å². The number of ether oxygens (including phenoxy) is 3. The SMILES string of the molecule is CCOC(=O)c1cnn2cc(-c3ccccc3)c(NCc3cc(Nc4ccccn4)cnc3OC(C)CNC(=O)OC(C)(C)C)nc12. The number of esters is 1. The van der Waals surface area contributed by atoms with E-state index in [1.165, 1.54) is 6.20 Å². The number of anilines is 3. The van der Waals surface area contributed by atoms with E-state index in [9.17, 15) is 9.59 Å². The van der Waals surface area contributed by atoms with E-state index in [0.29, 0.717) is 34.4 Å². The van der Waals surface area contributed by atoms with Crippen molar-refractivity contribution in [2.45, 2.75) is 52.9 Å². The number of rotatable bonds is 12. The fourth-order valence-electron chi connectivity index (χ4n) is 4.56. The Morgan fingerprint density at radius 2 is 1.81 bits per heavy atom. The summed E-state index contributed by atoms with van der Waals surface area (Å²) in [6.45, 7) is 9.66. The molecule has 0 spiro atoms. The van der Waals surface area contributed by atoms with Crippen LogP contribution in [0.2, 0.25) is 0 Å². The highest BCUT2D eigenvalue weighted by Gasteiger charge is 2.20. The van der Waals surface area contributed by atoms with Gasteiger partial charge in [-0.25, -0.2) is 29.1 Å². The summed E-state index contributed by atoms with van der Waals surface area (Å²) in [4.78, 5) is 38.6. The highest BCUT2D eigenvalue weighted by atomic mass is 16.6. The van der Waals surface area contributed by atoms with Gasteiger partial charge in [-0.2, -0.15) is 5.10 Å². The van der Waals surface area contributed by atoms with Gasteiger partial charge in [-0.1, -0.05) is 36.4 Å². The number of alkyl carbamates (subject to hydrolysis) is 1. The molecule has 0 bridgehead atoms. The van der Waals surface area contributed by atoms with Crippen LogP contribution in [0.25, 0.3) is 16.8 Å². The van der Waals surface area contributed by atoms with Crippen LogP contribution in [0.4, 0.5) is 22.1 Å². The molecule has 1 unspecified atom stereocenters. The van der Waals surface area contributed by atoms with Crippen LogP contribution in [0.1, 0.15) is 50.5 Å². The number of carbonyl (C=O) groups excluding carboxylic acids is 2. The van der Waals surface area contributed by atoms with Gasteiger partial charge in [-0.3, -0.25) is 0 Å². The Balaban J connectivity index is 1.45. The number of fused-ring (bicyclic) bond motifs is 1. The van der Waals surface area contributed by atoms with Crippen LogP contribution >= 0.6 is 0 Å². The molecular weight excluding hydrogens is 600 g/mol. The Bertz CT molecular complexity index is 1820. The van der Waals surface area contributed by atoms with E-state index in [-0.39, 0.29) is 25.3 Å². The van der Waals surface area contributed by atoms with Crippen LogP contribution in [-0.2, 0) is 16.0 Å². The molecule has 1 atom stereocenters. The molecule has 1 aromatic carbocycles. The van der Waals surface area contributed by atoms with Crippen molar-refractivity contribution in [3.8, 4) is 17.0 Å². The summed E-state index contributed by atoms with van der Waals surface area (Å²) in [6, 6.07) is 17.2. The lowest BCUT2D eigenvalue weighted by atomic mass is 10.1. The van der Waals surface area contributed by atoms with Gasteiger partial charge in [-0.15, -0.1) is 0 Å². The van der Waals surface area contributed by atoms with Gasteiger partial charge in [0.05, 0.1) is 31.2 Å². The first-order valence-corrected chi connectivity index (χ1v) is 15.2. The third-order valence-electron chi connectivity index (χ3n) is 6.63. The van der Waals surface area contributed by atoms with Crippen molar-refractivity contribution in [3.05, 3.63) is 90.5 Å². The fourth-order valence-corrected chi connectivity index (χ4v) is 4.56. The van der Waals surface area contributed by atoms with Gasteiger partial charge in [0.15, 0.2) is 5.65 Å². The third-order valence-corrected chi connectivity index (χ3v) is 6.63. The van der Waals surface area contributed by atoms with Crippen LogP contribution in [0.15, 0.2) is 79.4 Å². The average Bonchev–Trinajstić information content (AvgIpc) is 3.46. The Hall–Kier alpha value is -5.72. The summed E-state index contributed by atoms with van der Waals surface area (Å²) in [5.74, 6) is 1.03. The quantitative estimate of drug-likeness (QED) is 0.138. The van der Waals surface area contributed by atoms with Crippen molar-refractivity contribution < 1.29 is 23.8 Å². The lowest BCUT2D eigenvalue weighted by Gasteiger charge is -2.22. The van der Waals surface area contributed by atoms with Crippen molar-refractivity contribution in [1.29, 1.82) is 0 Å². The van der Waals surface area contributed by atoms with Crippen molar-refractivity contribution in [2.75, 3.05) is 23.8 Å². The highest BCUT2D eigenvalue weighted by Crippen LogP contribution is 2.30. The van der Waals surface area contributed by atoms with Crippen molar-refractivity contribution in [2.24, 2.45) is 0 Å². The second kappa shape index (κ2) is 14.6. The smallest absolute Gasteiger partial charge is 0.407 e. The molecule has 244 valence electrons. The fraction of sp³-hybridized carbons (Fsp3) is 0.294. The minimum atomic E-state index is -0.616. The monoisotopic (exact) mass is 638 g/mol. The van der Waals surface area contributed by atoms with Gasteiger partial charge < -0.3 is 30.2 Å². The number of benzene rings is 1. The predicted octanol–water partition coefficient (Wildman–Crippen LogP) is 6.01. The molecule has 0 aliphatic carbocycles. The zero-order valence-corrected chi connectivity index (χ0v) is 27.0. The molecule has 3 N–H and O–H groups in total. The molecule has 5 rings (SSSR count). The van der Waals surface area contributed by atoms with Gasteiger partial charge in [-0.05, 0) is 58.4 Å². The molecule has 0 saturated carbocycles. The third kappa shape index (κ3) is 8.72. The molecule has 47 heavy (non-hydrogen) atoms. The van der Waals surface area contributed by atoms with Crippen LogP contribution in [-0.4, -0.2) is 61.5 Å². The molecule has 0 aliphatic rings. The van der Waals surface area contributed by atoms with Crippen molar-refractivity contribution >= 4 is 35.0 Å². The molecule has 1 amide bonds. The van der Waals surface area contributed by atoms with Gasteiger partial charge in [0.2, 0.25) is 5.88 Å². The van der Waals surface area contributed by atoms with Gasteiger partial charge in [0, 0.05) is 30.1 Å². The van der Waals surface area contributed by atoms with E-state index in [1.807, 2.05) is 67.7 Å². The summed E-state index contributed by atoms with van der Waals surface area (Å²) in [5, 5.41) is 13.8. The second-order valence-electron chi connectivity index (χ2n) is 11.6. The van der Waals surface area contributed by atoms with Gasteiger partial charge >= 0.3 is 12.1 Å². The average molecular weight is 639 g/mol. The van der Waals surface area contributed by atoms with Crippen molar-refractivity contribution in [1.82, 2.24) is 29.9 Å². The largest absolute Gasteiger partial charge is 0.473 e. The Morgan fingerprint density at radius 3 is 2.53 bits per heavy atom. The number of hydrogen-bond donors (Lipinski definition) is 3. The topological polar surface area (TPSA) is 154 Å². The second-order valence-corrected chi connectivity index (χ2v) is 11.6. The van der Waals surface area contributed by atoms with E-state index < -0.39 is 23.8 Å². The number of aromatic nitrogens is 5. The zero-order valence-electron chi connectivity index (χ0n) is 27.0. The van der Waals surface area contributed by atoms with Crippen LogP contribution in [0, 0.1) is 0 Å². The first-order valence-electron chi connectivity index (χ1n) is 15.2. The molecule has 13 nitrogen and oxygen atoms in total. The molecule has 0 saturated heterocycles. The predicted molar refractivity (Wildman–Crippen MR) is 178 cm³/mol. The van der Waals surface area contributed by atoms with Gasteiger partial charge in [0.25, 0.3) is 0 Å². The van der Waals surface area contributed by atoms with Crippen LogP contribution < -0.4 is 20.7 Å². The Morgan fingerprint density at radius 1 is 1.02 bits per heavy atom. The molecule has 0 radical (unpaired) electrons. The summed E-state index contributed by atoms with van der Waals surface area (Å²) in [7, 11) is 0. The zero-order chi connectivity index (χ0) is 33.4. The number of carbonyl (C=O) groups is 2. The van der Waals surface area contributed by atoms with Crippen molar-refractivity contribution in [3.63, 3.8) is 0 Å². The number of pyridine rings is 2. The summed E-state index contributed by atoms with van der Waals surface area (Å²) >= 11 is 0. The molecule has 4 aromatic heterocycles. The van der Waals surface area contributed by atoms with Gasteiger partial charge in [0.1, 0.15) is 28.9 Å². The van der Waals surface area contributed by atoms with E-state index >= 15 is 0 Å². The number of hydrogen-bond acceptors (Lipinski definition) is 11. The molecule has 0 aliphatic heterocycles. The maximum atomic E-state index is 12.7. The first-order chi connectivity index (χ1) is 22.6. The molecule has 5 aromatic rings. The highest BCUT2D eigenvalue weighted by molar-refractivity contribution is 5.96. The van der Waals surface area contributed by atoms with Crippen LogP contribution in [0.3, 0.4) is 0 Å². The molecule has 0 fully saturated rings. The lowest BCUT2D eigenvalue weighted by Crippen LogP contribution is -2.37. The minimum Gasteiger partial charge on any atom is -0.473 e. The maximum absolute atomic E-state index is 12.7.